The number of β-amino-alcohol motifs (C(OH)–C–C–N with tert-alkyl or cyclic N) is 1. The summed E-state index contributed by atoms with van der Waals surface area (Å²) in [5, 5.41) is 17.7. The third-order valence-electron chi connectivity index (χ3n) is 4.22. The molecule has 0 bridgehead atoms. The number of ether oxygens (including phenoxy) is 1. The summed E-state index contributed by atoms with van der Waals surface area (Å²) >= 11 is 0. The second-order valence-corrected chi connectivity index (χ2v) is 5.95. The van der Waals surface area contributed by atoms with Crippen molar-refractivity contribution in [1.82, 2.24) is 9.80 Å². The zero-order valence-corrected chi connectivity index (χ0v) is 14.3. The number of rotatable bonds is 8. The van der Waals surface area contributed by atoms with Crippen molar-refractivity contribution in [2.45, 2.75) is 18.9 Å². The lowest BCUT2D eigenvalue weighted by molar-refractivity contribution is -0.140. The number of esters is 1. The molecule has 8 nitrogen and oxygen atoms in total. The summed E-state index contributed by atoms with van der Waals surface area (Å²) in [6, 6.07) is 6.62. The van der Waals surface area contributed by atoms with Crippen LogP contribution < -0.4 is 5.73 Å². The fourth-order valence-corrected chi connectivity index (χ4v) is 2.72. The topological polar surface area (TPSA) is 120 Å². The molecule has 1 unspecified atom stereocenters. The van der Waals surface area contributed by atoms with Gasteiger partial charge in [0, 0.05) is 31.6 Å². The number of amides is 2. The van der Waals surface area contributed by atoms with Crippen LogP contribution in [-0.4, -0.2) is 66.0 Å². The number of carbonyl (C=O) groups is 2. The number of nitrogens with two attached hydrogens (primary N) is 1. The Morgan fingerprint density at radius 3 is 2.56 bits per heavy atom. The Labute approximate surface area is 146 Å². The molecule has 0 spiro atoms. The number of hydrogen-bond acceptors (Lipinski definition) is 5. The Balaban J connectivity index is 1.85. The first-order chi connectivity index (χ1) is 11.9. The van der Waals surface area contributed by atoms with Crippen molar-refractivity contribution in [2.24, 2.45) is 5.73 Å². The second-order valence-electron chi connectivity index (χ2n) is 5.95. The lowest BCUT2D eigenvalue weighted by Crippen LogP contribution is -2.35. The normalized spacial score (nSPS) is 15.4. The molecule has 0 aromatic heterocycles. The predicted molar refractivity (Wildman–Crippen MR) is 92.2 cm³/mol. The van der Waals surface area contributed by atoms with Gasteiger partial charge in [-0.05, 0) is 12.0 Å². The molecule has 1 aromatic rings. The van der Waals surface area contributed by atoms with E-state index in [1.54, 1.807) is 34.1 Å². The van der Waals surface area contributed by atoms with E-state index in [1.807, 2.05) is 0 Å². The lowest BCUT2D eigenvalue weighted by Gasteiger charge is -2.21. The van der Waals surface area contributed by atoms with Gasteiger partial charge in [-0.25, -0.2) is 4.79 Å². The van der Waals surface area contributed by atoms with Crippen LogP contribution >= 0.6 is 0 Å². The van der Waals surface area contributed by atoms with Gasteiger partial charge in [0.15, 0.2) is 0 Å². The van der Waals surface area contributed by atoms with Crippen molar-refractivity contribution in [3.05, 3.63) is 35.4 Å². The van der Waals surface area contributed by atoms with Crippen molar-refractivity contribution >= 4 is 17.8 Å². The summed E-state index contributed by atoms with van der Waals surface area (Å²) in [6.07, 6.45) is 0.0344. The molecular weight excluding hydrogens is 324 g/mol. The maximum Gasteiger partial charge on any atom is 0.320 e. The van der Waals surface area contributed by atoms with E-state index < -0.39 is 6.10 Å². The summed E-state index contributed by atoms with van der Waals surface area (Å²) in [7, 11) is 1.34. The highest BCUT2D eigenvalue weighted by atomic mass is 16.5. The number of carbonyl (C=O) groups excluding carboxylic acids is 2. The molecule has 2 amide bonds. The fraction of sp³-hybridized carbons (Fsp3) is 0.471. The molecule has 0 saturated carbocycles. The van der Waals surface area contributed by atoms with Gasteiger partial charge in [0.1, 0.15) is 5.84 Å². The van der Waals surface area contributed by atoms with Gasteiger partial charge in [-0.2, -0.15) is 0 Å². The summed E-state index contributed by atoms with van der Waals surface area (Å²) in [6.45, 7) is 1.81. The van der Waals surface area contributed by atoms with Crippen molar-refractivity contribution in [3.63, 3.8) is 0 Å². The van der Waals surface area contributed by atoms with Gasteiger partial charge >= 0.3 is 12.0 Å². The quantitative estimate of drug-likeness (QED) is 0.363. The van der Waals surface area contributed by atoms with Crippen molar-refractivity contribution in [3.8, 4) is 0 Å². The van der Waals surface area contributed by atoms with Crippen LogP contribution in [-0.2, 0) is 9.53 Å². The zero-order chi connectivity index (χ0) is 18.4. The van der Waals surface area contributed by atoms with Gasteiger partial charge in [-0.15, -0.1) is 0 Å². The number of aliphatic hydroxyl groups excluding tert-OH is 1. The number of hydrogen-bond donors (Lipinski definition) is 3. The summed E-state index contributed by atoms with van der Waals surface area (Å²) in [5.74, 6) is -0.314. The number of nitrogens with one attached hydrogen (secondary N) is 1. The Kier molecular flexibility index (Phi) is 6.35. The SMILES string of the molecule is COC(=O)CCCN1CCN(CC(O)c2ccc(C(=N)N)cc2)C1=O. The standard InChI is InChI=1S/C17H24N4O4/c1-25-15(23)3-2-8-20-9-10-21(17(20)24)11-14(22)12-4-6-13(7-5-12)16(18)19/h4-7,14,22H,2-3,8-11H2,1H3,(H3,18,19). The molecular formula is C17H24N4O4. The number of methoxy groups -OCH3 is 1. The Hall–Kier alpha value is -2.61. The van der Waals surface area contributed by atoms with Gasteiger partial charge in [-0.1, -0.05) is 24.3 Å². The number of nitrogens with zero attached hydrogens (tertiary/aromatic N) is 2. The van der Waals surface area contributed by atoms with Gasteiger partial charge in [0.05, 0.1) is 19.8 Å². The number of amidine groups is 1. The van der Waals surface area contributed by atoms with Gasteiger partial charge in [0.2, 0.25) is 0 Å². The molecule has 1 saturated heterocycles. The van der Waals surface area contributed by atoms with E-state index in [0.29, 0.717) is 37.2 Å². The van der Waals surface area contributed by atoms with Gasteiger partial charge in [-0.3, -0.25) is 10.2 Å². The summed E-state index contributed by atoms with van der Waals surface area (Å²) in [4.78, 5) is 26.7. The summed E-state index contributed by atoms with van der Waals surface area (Å²) in [5.41, 5.74) is 6.66. The van der Waals surface area contributed by atoms with Crippen molar-refractivity contribution in [1.29, 1.82) is 5.41 Å². The van der Waals surface area contributed by atoms with Crippen molar-refractivity contribution in [2.75, 3.05) is 33.3 Å². The van der Waals surface area contributed by atoms with Crippen LogP contribution in [0.1, 0.15) is 30.1 Å². The van der Waals surface area contributed by atoms with Crippen LogP contribution in [0.4, 0.5) is 4.79 Å². The molecule has 8 heteroatoms. The average Bonchev–Trinajstić information content (AvgIpc) is 2.95. The van der Waals surface area contributed by atoms with E-state index in [-0.39, 0.29) is 30.8 Å². The van der Waals surface area contributed by atoms with E-state index in [1.165, 1.54) is 7.11 Å². The summed E-state index contributed by atoms with van der Waals surface area (Å²) < 4.78 is 4.58. The first kappa shape index (κ1) is 18.7. The zero-order valence-electron chi connectivity index (χ0n) is 14.3. The maximum absolute atomic E-state index is 12.3. The molecule has 4 N–H and O–H groups in total. The molecule has 25 heavy (non-hydrogen) atoms. The first-order valence-corrected chi connectivity index (χ1v) is 8.15. The highest BCUT2D eigenvalue weighted by molar-refractivity contribution is 5.94. The van der Waals surface area contributed by atoms with Crippen LogP contribution in [0, 0.1) is 5.41 Å². The van der Waals surface area contributed by atoms with Crippen LogP contribution in [0.2, 0.25) is 0 Å². The molecule has 1 aliphatic rings. The number of benzene rings is 1. The highest BCUT2D eigenvalue weighted by Crippen LogP contribution is 2.18. The van der Waals surface area contributed by atoms with Crippen LogP contribution in [0.3, 0.4) is 0 Å². The Bertz CT molecular complexity index is 632. The largest absolute Gasteiger partial charge is 0.469 e. The van der Waals surface area contributed by atoms with Gasteiger partial charge < -0.3 is 25.4 Å². The molecule has 136 valence electrons. The van der Waals surface area contributed by atoms with E-state index in [4.69, 9.17) is 11.1 Å². The van der Waals surface area contributed by atoms with Gasteiger partial charge in [0.25, 0.3) is 0 Å². The first-order valence-electron chi connectivity index (χ1n) is 8.15. The third-order valence-corrected chi connectivity index (χ3v) is 4.22. The van der Waals surface area contributed by atoms with E-state index in [0.717, 1.165) is 0 Å². The third kappa shape index (κ3) is 4.93. The minimum atomic E-state index is -0.806. The van der Waals surface area contributed by atoms with E-state index >= 15 is 0 Å². The fourth-order valence-electron chi connectivity index (χ4n) is 2.72. The Morgan fingerprint density at radius 1 is 1.32 bits per heavy atom. The van der Waals surface area contributed by atoms with E-state index in [9.17, 15) is 14.7 Å². The maximum atomic E-state index is 12.3. The monoisotopic (exact) mass is 348 g/mol. The molecule has 1 atom stereocenters. The molecule has 2 rings (SSSR count). The molecule has 0 aliphatic carbocycles. The predicted octanol–water partition coefficient (Wildman–Crippen LogP) is 0.695. The second kappa shape index (κ2) is 8.48. The number of aliphatic hydroxyl groups is 1. The number of urea groups is 1. The molecule has 1 aliphatic heterocycles. The van der Waals surface area contributed by atoms with Crippen LogP contribution in [0.15, 0.2) is 24.3 Å². The molecule has 1 heterocycles. The highest BCUT2D eigenvalue weighted by Gasteiger charge is 2.29. The van der Waals surface area contributed by atoms with Crippen LogP contribution in [0.5, 0.6) is 0 Å². The van der Waals surface area contributed by atoms with Crippen molar-refractivity contribution < 1.29 is 19.4 Å². The van der Waals surface area contributed by atoms with E-state index in [2.05, 4.69) is 4.74 Å². The number of nitrogen functional groups attached to an aromatic ring is 1. The average molecular weight is 348 g/mol. The molecule has 1 fully saturated rings. The minimum absolute atomic E-state index is 0.0293. The Morgan fingerprint density at radius 2 is 1.96 bits per heavy atom. The minimum Gasteiger partial charge on any atom is -0.469 e. The lowest BCUT2D eigenvalue weighted by atomic mass is 10.1. The smallest absolute Gasteiger partial charge is 0.320 e. The molecule has 0 radical (unpaired) electrons. The van der Waals surface area contributed by atoms with Crippen LogP contribution in [0.25, 0.3) is 0 Å². The molecule has 1 aromatic carbocycles.